The van der Waals surface area contributed by atoms with Crippen LogP contribution in [0, 0.1) is 0 Å². The van der Waals surface area contributed by atoms with Crippen LogP contribution in [0.15, 0.2) is 53.3 Å². The maximum atomic E-state index is 12.5. The Hall–Kier alpha value is -1.72. The lowest BCUT2D eigenvalue weighted by Crippen LogP contribution is -2.42. The van der Waals surface area contributed by atoms with Gasteiger partial charge in [0.1, 0.15) is 10.7 Å². The van der Waals surface area contributed by atoms with Crippen LogP contribution in [0.3, 0.4) is 0 Å². The molecule has 0 saturated carbocycles. The molecular formula is C16H15BrN2O2. The number of pyridine rings is 1. The first-order chi connectivity index (χ1) is 10.2. The van der Waals surface area contributed by atoms with Crippen molar-refractivity contribution in [3.8, 4) is 0 Å². The average molecular weight is 347 g/mol. The van der Waals surface area contributed by atoms with E-state index in [-0.39, 0.29) is 12.0 Å². The van der Waals surface area contributed by atoms with E-state index in [1.165, 1.54) is 0 Å². The summed E-state index contributed by atoms with van der Waals surface area (Å²) in [5, 5.41) is 0. The van der Waals surface area contributed by atoms with E-state index in [4.69, 9.17) is 4.74 Å². The Morgan fingerprint density at radius 1 is 1.24 bits per heavy atom. The molecule has 1 atom stereocenters. The van der Waals surface area contributed by atoms with E-state index in [1.54, 1.807) is 18.3 Å². The van der Waals surface area contributed by atoms with Gasteiger partial charge >= 0.3 is 0 Å². The van der Waals surface area contributed by atoms with Gasteiger partial charge in [-0.15, -0.1) is 0 Å². The van der Waals surface area contributed by atoms with Crippen LogP contribution in [-0.2, 0) is 4.74 Å². The molecule has 1 amide bonds. The highest BCUT2D eigenvalue weighted by Crippen LogP contribution is 2.23. The minimum absolute atomic E-state index is 0.000712. The SMILES string of the molecule is O=C(c1ccc(Br)nc1)N1CCOC(c2ccccc2)C1. The topological polar surface area (TPSA) is 42.4 Å². The van der Waals surface area contributed by atoms with Gasteiger partial charge in [-0.1, -0.05) is 30.3 Å². The zero-order valence-corrected chi connectivity index (χ0v) is 13.0. The number of aromatic nitrogens is 1. The van der Waals surface area contributed by atoms with Gasteiger partial charge in [0, 0.05) is 12.7 Å². The van der Waals surface area contributed by atoms with Crippen molar-refractivity contribution in [3.05, 3.63) is 64.4 Å². The van der Waals surface area contributed by atoms with Crippen LogP contribution in [-0.4, -0.2) is 35.5 Å². The number of rotatable bonds is 2. The molecule has 1 aliphatic rings. The molecule has 0 N–H and O–H groups in total. The first-order valence-electron chi connectivity index (χ1n) is 6.81. The summed E-state index contributed by atoms with van der Waals surface area (Å²) in [5.74, 6) is -0.000712. The van der Waals surface area contributed by atoms with Crippen molar-refractivity contribution in [2.24, 2.45) is 0 Å². The second-order valence-electron chi connectivity index (χ2n) is 4.89. The number of carbonyl (C=O) groups is 1. The third-order valence-electron chi connectivity index (χ3n) is 3.50. The zero-order chi connectivity index (χ0) is 14.7. The average Bonchev–Trinajstić information content (AvgIpc) is 2.56. The fraction of sp³-hybridized carbons (Fsp3) is 0.250. The molecule has 21 heavy (non-hydrogen) atoms. The summed E-state index contributed by atoms with van der Waals surface area (Å²) in [7, 11) is 0. The van der Waals surface area contributed by atoms with Gasteiger partial charge in [0.25, 0.3) is 5.91 Å². The van der Waals surface area contributed by atoms with Crippen LogP contribution >= 0.6 is 15.9 Å². The summed E-state index contributed by atoms with van der Waals surface area (Å²) in [4.78, 5) is 18.4. The Labute approximate surface area is 131 Å². The normalized spacial score (nSPS) is 18.5. The van der Waals surface area contributed by atoms with E-state index >= 15 is 0 Å². The minimum atomic E-state index is -0.0627. The van der Waals surface area contributed by atoms with Crippen molar-refractivity contribution in [2.75, 3.05) is 19.7 Å². The quantitative estimate of drug-likeness (QED) is 0.785. The maximum absolute atomic E-state index is 12.5. The largest absolute Gasteiger partial charge is 0.370 e. The predicted octanol–water partition coefficient (Wildman–Crippen LogP) is 3.06. The number of hydrogen-bond donors (Lipinski definition) is 0. The van der Waals surface area contributed by atoms with Gasteiger partial charge in [0.05, 0.1) is 18.7 Å². The van der Waals surface area contributed by atoms with Crippen LogP contribution in [0.4, 0.5) is 0 Å². The van der Waals surface area contributed by atoms with Gasteiger partial charge in [-0.05, 0) is 33.6 Å². The Morgan fingerprint density at radius 2 is 2.05 bits per heavy atom. The Balaban J connectivity index is 1.74. The Morgan fingerprint density at radius 3 is 2.76 bits per heavy atom. The van der Waals surface area contributed by atoms with Crippen molar-refractivity contribution in [2.45, 2.75) is 6.10 Å². The molecule has 0 bridgehead atoms. The molecule has 1 saturated heterocycles. The second-order valence-corrected chi connectivity index (χ2v) is 5.70. The third kappa shape index (κ3) is 3.31. The number of halogens is 1. The molecule has 5 heteroatoms. The fourth-order valence-corrected chi connectivity index (χ4v) is 2.62. The summed E-state index contributed by atoms with van der Waals surface area (Å²) < 4.78 is 6.51. The van der Waals surface area contributed by atoms with E-state index in [0.717, 1.165) is 10.2 Å². The molecule has 0 spiro atoms. The Bertz CT molecular complexity index is 616. The van der Waals surface area contributed by atoms with Crippen molar-refractivity contribution in [1.82, 2.24) is 9.88 Å². The standard InChI is InChI=1S/C16H15BrN2O2/c17-15-7-6-13(10-18-15)16(20)19-8-9-21-14(11-19)12-4-2-1-3-5-12/h1-7,10,14H,8-9,11H2. The predicted molar refractivity (Wildman–Crippen MR) is 83.0 cm³/mol. The molecule has 1 unspecified atom stereocenters. The number of morpholine rings is 1. The summed E-state index contributed by atoms with van der Waals surface area (Å²) >= 11 is 3.27. The fourth-order valence-electron chi connectivity index (χ4n) is 2.39. The third-order valence-corrected chi connectivity index (χ3v) is 3.97. The van der Waals surface area contributed by atoms with Crippen molar-refractivity contribution in [3.63, 3.8) is 0 Å². The van der Waals surface area contributed by atoms with Crippen molar-refractivity contribution >= 4 is 21.8 Å². The molecule has 0 aliphatic carbocycles. The highest BCUT2D eigenvalue weighted by Gasteiger charge is 2.26. The van der Waals surface area contributed by atoms with Crippen LogP contribution in [0.5, 0.6) is 0 Å². The first kappa shape index (κ1) is 14.2. The lowest BCUT2D eigenvalue weighted by Gasteiger charge is -2.33. The van der Waals surface area contributed by atoms with Crippen molar-refractivity contribution in [1.29, 1.82) is 0 Å². The maximum Gasteiger partial charge on any atom is 0.255 e. The number of carbonyl (C=O) groups excluding carboxylic acids is 1. The van der Waals surface area contributed by atoms with Crippen LogP contribution in [0.1, 0.15) is 22.0 Å². The molecule has 3 rings (SSSR count). The lowest BCUT2D eigenvalue weighted by atomic mass is 10.1. The van der Waals surface area contributed by atoms with Crippen LogP contribution in [0.25, 0.3) is 0 Å². The van der Waals surface area contributed by atoms with Gasteiger partial charge in [-0.3, -0.25) is 4.79 Å². The number of nitrogens with zero attached hydrogens (tertiary/aromatic N) is 2. The summed E-state index contributed by atoms with van der Waals surface area (Å²) in [6.45, 7) is 1.73. The monoisotopic (exact) mass is 346 g/mol. The van der Waals surface area contributed by atoms with Crippen LogP contribution in [0.2, 0.25) is 0 Å². The van der Waals surface area contributed by atoms with E-state index in [9.17, 15) is 4.79 Å². The van der Waals surface area contributed by atoms with Gasteiger partial charge < -0.3 is 9.64 Å². The molecule has 1 aromatic heterocycles. The zero-order valence-electron chi connectivity index (χ0n) is 11.4. The minimum Gasteiger partial charge on any atom is -0.370 e. The first-order valence-corrected chi connectivity index (χ1v) is 7.61. The molecule has 1 aliphatic heterocycles. The van der Waals surface area contributed by atoms with E-state index in [2.05, 4.69) is 20.9 Å². The van der Waals surface area contributed by atoms with Gasteiger partial charge in [-0.2, -0.15) is 0 Å². The summed E-state index contributed by atoms with van der Waals surface area (Å²) in [6.07, 6.45) is 1.53. The lowest BCUT2D eigenvalue weighted by molar-refractivity contribution is -0.0228. The number of amides is 1. The molecule has 1 fully saturated rings. The summed E-state index contributed by atoms with van der Waals surface area (Å²) in [5.41, 5.74) is 1.70. The van der Waals surface area contributed by atoms with E-state index in [0.29, 0.717) is 25.3 Å². The molecule has 0 radical (unpaired) electrons. The van der Waals surface area contributed by atoms with Crippen LogP contribution < -0.4 is 0 Å². The molecule has 2 aromatic rings. The number of benzene rings is 1. The van der Waals surface area contributed by atoms with Crippen molar-refractivity contribution < 1.29 is 9.53 Å². The molecular weight excluding hydrogens is 332 g/mol. The van der Waals surface area contributed by atoms with Gasteiger partial charge in [0.2, 0.25) is 0 Å². The highest BCUT2D eigenvalue weighted by molar-refractivity contribution is 9.10. The number of ether oxygens (including phenoxy) is 1. The Kier molecular flexibility index (Phi) is 4.31. The van der Waals surface area contributed by atoms with E-state index in [1.807, 2.05) is 35.2 Å². The number of hydrogen-bond acceptors (Lipinski definition) is 3. The smallest absolute Gasteiger partial charge is 0.255 e. The summed E-state index contributed by atoms with van der Waals surface area (Å²) in [6, 6.07) is 13.6. The van der Waals surface area contributed by atoms with E-state index < -0.39 is 0 Å². The highest BCUT2D eigenvalue weighted by atomic mass is 79.9. The van der Waals surface area contributed by atoms with Gasteiger partial charge in [-0.25, -0.2) is 4.98 Å². The molecule has 2 heterocycles. The molecule has 108 valence electrons. The molecule has 1 aromatic carbocycles. The second kappa shape index (κ2) is 6.37. The molecule has 4 nitrogen and oxygen atoms in total. The van der Waals surface area contributed by atoms with Gasteiger partial charge in [0.15, 0.2) is 0 Å².